The normalized spacial score (nSPS) is 12.0. The number of rotatable bonds is 8. The van der Waals surface area contributed by atoms with Crippen molar-refractivity contribution in [3.63, 3.8) is 0 Å². The number of benzene rings is 8. The number of phenolic OH excluding ortho intramolecular Hbond substituents is 1. The van der Waals surface area contributed by atoms with E-state index in [9.17, 15) is 5.11 Å². The third-order valence-electron chi connectivity index (χ3n) is 13.6. The minimum atomic E-state index is -0.269. The van der Waals surface area contributed by atoms with Crippen LogP contribution in [-0.4, -0.2) is 19.6 Å². The number of phenols is 1. The van der Waals surface area contributed by atoms with Gasteiger partial charge in [-0.2, -0.15) is 0 Å². The molecular weight excluding hydrogens is 1050 g/mol. The van der Waals surface area contributed by atoms with Crippen LogP contribution < -0.4 is 0 Å². The van der Waals surface area contributed by atoms with Crippen LogP contribution in [0.1, 0.15) is 79.0 Å². The quantitative estimate of drug-likeness (QED) is 0.154. The van der Waals surface area contributed by atoms with Gasteiger partial charge in [0.05, 0.1) is 22.3 Å². The van der Waals surface area contributed by atoms with Crippen LogP contribution in [0.5, 0.6) is 5.75 Å². The average molecular weight is 1110 g/mol. The average Bonchev–Trinajstić information content (AvgIpc) is 3.75. The Labute approximate surface area is 434 Å². The Kier molecular flexibility index (Phi) is 13.2. The number of fused-ring (bicyclic) bond motifs is 1. The van der Waals surface area contributed by atoms with E-state index in [1.807, 2.05) is 18.3 Å². The zero-order chi connectivity index (χ0) is 49.0. The van der Waals surface area contributed by atoms with Crippen LogP contribution in [0.15, 0.2) is 194 Å². The van der Waals surface area contributed by atoms with E-state index in [0.717, 1.165) is 89.2 Å². The smallest absolute Gasteiger partial charge is 0.148 e. The topological polar surface area (TPSA) is 50.9 Å². The molecule has 0 aliphatic rings. The number of hydrogen-bond donors (Lipinski definition) is 1. The molecule has 1 N–H and O–H groups in total. The molecule has 10 rings (SSSR count). The van der Waals surface area contributed by atoms with Gasteiger partial charge in [0, 0.05) is 44.1 Å². The zero-order valence-electron chi connectivity index (χ0n) is 42.1. The van der Waals surface area contributed by atoms with Gasteiger partial charge in [-0.25, -0.2) is 4.98 Å². The number of nitrogens with zero attached hydrogens (tertiary/aromatic N) is 3. The van der Waals surface area contributed by atoms with Gasteiger partial charge >= 0.3 is 0 Å². The molecule has 0 saturated carbocycles. The van der Waals surface area contributed by atoms with Crippen molar-refractivity contribution >= 4 is 11.0 Å². The van der Waals surface area contributed by atoms with E-state index in [1.165, 1.54) is 11.1 Å². The van der Waals surface area contributed by atoms with E-state index in [-0.39, 0.29) is 43.1 Å². The van der Waals surface area contributed by atoms with Crippen LogP contribution in [0.25, 0.3) is 95.0 Å². The summed E-state index contributed by atoms with van der Waals surface area (Å²) in [5.74, 6) is 0.824. The Morgan fingerprint density at radius 3 is 1.58 bits per heavy atom. The molecule has 0 atom stereocenters. The molecule has 0 aliphatic heterocycles. The molecule has 2 aromatic heterocycles. The number of aromatic nitrogens is 3. The predicted octanol–water partition coefficient (Wildman–Crippen LogP) is 17.5. The first kappa shape index (κ1) is 48.9. The predicted molar refractivity (Wildman–Crippen MR) is 294 cm³/mol. The Balaban J connectivity index is 0.00000624. The molecule has 0 unspecified atom stereocenters. The summed E-state index contributed by atoms with van der Waals surface area (Å²) < 4.78 is 2.28. The molecule has 71 heavy (non-hydrogen) atoms. The molecule has 0 bridgehead atoms. The maximum absolute atomic E-state index is 13.1. The standard InChI is InChI=1S/C66H60N3O.Pt/c1-64(2,3)49-32-33-59(55(40-49)45-26-17-12-18-27-45)69-60-31-21-30-53(47-36-48(38-50(37-47)65(4,5)6)58-39-46(34-35-67-58)43-22-13-10-14-23-43)61(60)68-63(69)57-42-51(66(7,8)9)41-56(62(57)70)54-29-20-19-28-52(54)44-24-15-11-16-25-44;/h10-35,37-42,70H,1-9H3;/q-1;. The van der Waals surface area contributed by atoms with Gasteiger partial charge in [-0.1, -0.05) is 213 Å². The van der Waals surface area contributed by atoms with Crippen molar-refractivity contribution in [3.05, 3.63) is 217 Å². The Morgan fingerprint density at radius 2 is 0.944 bits per heavy atom. The monoisotopic (exact) mass is 1110 g/mol. The number of aromatic hydroxyl groups is 1. The first-order valence-corrected chi connectivity index (χ1v) is 24.4. The van der Waals surface area contributed by atoms with Crippen LogP contribution in [-0.2, 0) is 37.3 Å². The van der Waals surface area contributed by atoms with Crippen molar-refractivity contribution in [1.82, 2.24) is 14.5 Å². The molecule has 356 valence electrons. The molecule has 0 fully saturated rings. The second-order valence-electron chi connectivity index (χ2n) is 21.6. The van der Waals surface area contributed by atoms with Crippen molar-refractivity contribution in [2.45, 2.75) is 78.6 Å². The Morgan fingerprint density at radius 1 is 0.423 bits per heavy atom. The maximum atomic E-state index is 13.1. The molecule has 10 aromatic rings. The van der Waals surface area contributed by atoms with Crippen molar-refractivity contribution in [2.24, 2.45) is 0 Å². The molecule has 0 radical (unpaired) electrons. The second kappa shape index (κ2) is 19.2. The van der Waals surface area contributed by atoms with Gasteiger partial charge in [0.15, 0.2) is 0 Å². The first-order chi connectivity index (χ1) is 33.5. The van der Waals surface area contributed by atoms with E-state index in [0.29, 0.717) is 11.4 Å². The molecular formula is C66H60N3OPt-. The van der Waals surface area contributed by atoms with Gasteiger partial charge in [-0.3, -0.25) is 9.55 Å². The summed E-state index contributed by atoms with van der Waals surface area (Å²) in [6.07, 6.45) is 1.89. The summed E-state index contributed by atoms with van der Waals surface area (Å²) in [5.41, 5.74) is 18.2. The van der Waals surface area contributed by atoms with Crippen LogP contribution in [0.2, 0.25) is 0 Å². The summed E-state index contributed by atoms with van der Waals surface area (Å²) in [5, 5.41) is 13.1. The van der Waals surface area contributed by atoms with E-state index in [4.69, 9.17) is 9.97 Å². The fourth-order valence-electron chi connectivity index (χ4n) is 9.49. The van der Waals surface area contributed by atoms with Crippen LogP contribution in [0.3, 0.4) is 0 Å². The SMILES string of the molecule is CC(C)(C)c1cc(-c2cc(-c3ccccc3)ccn2)[c-]c(-c2cccc3c2nc(-c2cc(C(C)(C)C)cc(-c4ccccc4-c4ccccc4)c2O)n3-c2ccc(C(C)(C)C)cc2-c2ccccc2)c1.[Pt]. The number of hydrogen-bond acceptors (Lipinski definition) is 3. The van der Waals surface area contributed by atoms with Crippen LogP contribution >= 0.6 is 0 Å². The summed E-state index contributed by atoms with van der Waals surface area (Å²) in [6.45, 7) is 20.2. The molecule has 8 aromatic carbocycles. The molecule has 0 saturated heterocycles. The molecule has 2 heterocycles. The molecule has 0 spiro atoms. The zero-order valence-corrected chi connectivity index (χ0v) is 44.4. The fraction of sp³-hybridized carbons (Fsp3) is 0.182. The van der Waals surface area contributed by atoms with Gasteiger partial charge in [-0.05, 0) is 97.2 Å². The van der Waals surface area contributed by atoms with Crippen LogP contribution in [0, 0.1) is 6.07 Å². The fourth-order valence-corrected chi connectivity index (χ4v) is 9.49. The molecule has 0 aliphatic carbocycles. The minimum absolute atomic E-state index is 0. The van der Waals surface area contributed by atoms with Crippen molar-refractivity contribution in [1.29, 1.82) is 0 Å². The Bertz CT molecular complexity index is 3540. The summed E-state index contributed by atoms with van der Waals surface area (Å²) in [6, 6.07) is 70.1. The van der Waals surface area contributed by atoms with Crippen molar-refractivity contribution < 1.29 is 26.2 Å². The third-order valence-corrected chi connectivity index (χ3v) is 13.6. The third kappa shape index (κ3) is 9.71. The summed E-state index contributed by atoms with van der Waals surface area (Å²) >= 11 is 0. The summed E-state index contributed by atoms with van der Waals surface area (Å²) in [4.78, 5) is 10.7. The van der Waals surface area contributed by atoms with Gasteiger partial charge in [-0.15, -0.1) is 29.3 Å². The summed E-state index contributed by atoms with van der Waals surface area (Å²) in [7, 11) is 0. The Hall–Kier alpha value is -7.13. The van der Waals surface area contributed by atoms with E-state index in [1.54, 1.807) is 0 Å². The number of para-hydroxylation sites is 1. The second-order valence-corrected chi connectivity index (χ2v) is 21.6. The molecule has 4 nitrogen and oxygen atoms in total. The van der Waals surface area contributed by atoms with E-state index < -0.39 is 0 Å². The number of pyridine rings is 1. The van der Waals surface area contributed by atoms with Crippen molar-refractivity contribution in [3.8, 4) is 89.7 Å². The van der Waals surface area contributed by atoms with E-state index >= 15 is 0 Å². The number of imidazole rings is 1. The molecule has 0 amide bonds. The van der Waals surface area contributed by atoms with Gasteiger partial charge in [0.25, 0.3) is 0 Å². The minimum Gasteiger partial charge on any atom is -0.507 e. The van der Waals surface area contributed by atoms with E-state index in [2.05, 4.69) is 249 Å². The largest absolute Gasteiger partial charge is 0.507 e. The molecule has 5 heteroatoms. The van der Waals surface area contributed by atoms with Gasteiger partial charge in [0.1, 0.15) is 11.6 Å². The van der Waals surface area contributed by atoms with Gasteiger partial charge in [0.2, 0.25) is 0 Å². The maximum Gasteiger partial charge on any atom is 0.148 e. The first-order valence-electron chi connectivity index (χ1n) is 24.4. The van der Waals surface area contributed by atoms with Crippen molar-refractivity contribution in [2.75, 3.05) is 0 Å². The van der Waals surface area contributed by atoms with Crippen LogP contribution in [0.4, 0.5) is 0 Å². The van der Waals surface area contributed by atoms with Gasteiger partial charge < -0.3 is 5.11 Å².